The van der Waals surface area contributed by atoms with E-state index in [9.17, 15) is 9.59 Å². The molecular formula is C11H15NO4. The zero-order chi connectivity index (χ0) is 12.0. The maximum atomic E-state index is 11.5. The molecule has 0 aromatic carbocycles. The highest BCUT2D eigenvalue weighted by molar-refractivity contribution is 5.93. The van der Waals surface area contributed by atoms with Crippen molar-refractivity contribution in [3.05, 3.63) is 23.7 Å². The molecule has 0 fully saturated rings. The second-order valence-corrected chi connectivity index (χ2v) is 3.11. The minimum Gasteiger partial charge on any atom is -0.465 e. The third-order valence-electron chi connectivity index (χ3n) is 1.93. The molecule has 0 atom stereocenters. The predicted molar refractivity (Wildman–Crippen MR) is 57.1 cm³/mol. The number of ether oxygens (including phenoxy) is 1. The average Bonchev–Trinajstić information content (AvgIpc) is 2.75. The van der Waals surface area contributed by atoms with Gasteiger partial charge in [-0.2, -0.15) is 0 Å². The van der Waals surface area contributed by atoms with Crippen LogP contribution in [0.2, 0.25) is 0 Å². The normalized spacial score (nSPS) is 9.88. The molecule has 1 rings (SSSR count). The maximum absolute atomic E-state index is 11.5. The summed E-state index contributed by atoms with van der Waals surface area (Å²) in [7, 11) is 0. The number of aryl methyl sites for hydroxylation is 1. The lowest BCUT2D eigenvalue weighted by Crippen LogP contribution is -2.30. The smallest absolute Gasteiger partial charge is 0.325 e. The van der Waals surface area contributed by atoms with Crippen LogP contribution < -0.4 is 5.32 Å². The zero-order valence-electron chi connectivity index (χ0n) is 9.41. The molecule has 0 unspecified atom stereocenters. The summed E-state index contributed by atoms with van der Waals surface area (Å²) < 4.78 is 9.89. The number of carbonyl (C=O) groups is 2. The number of esters is 1. The number of nitrogens with one attached hydrogen (secondary N) is 1. The molecule has 0 bridgehead atoms. The van der Waals surface area contributed by atoms with E-state index in [0.29, 0.717) is 6.61 Å². The van der Waals surface area contributed by atoms with Gasteiger partial charge < -0.3 is 14.5 Å². The van der Waals surface area contributed by atoms with E-state index in [-0.39, 0.29) is 12.3 Å². The fourth-order valence-corrected chi connectivity index (χ4v) is 1.14. The molecule has 1 aromatic rings. The molecule has 0 radical (unpaired) electrons. The Hall–Kier alpha value is -1.78. The molecule has 5 nitrogen and oxygen atoms in total. The Morgan fingerprint density at radius 1 is 1.38 bits per heavy atom. The molecule has 1 heterocycles. The lowest BCUT2D eigenvalue weighted by atomic mass is 10.3. The number of amides is 1. The van der Waals surface area contributed by atoms with Crippen LogP contribution in [0.3, 0.4) is 0 Å². The van der Waals surface area contributed by atoms with Crippen LogP contribution in [0.1, 0.15) is 30.2 Å². The van der Waals surface area contributed by atoms with Gasteiger partial charge in [-0.25, -0.2) is 0 Å². The van der Waals surface area contributed by atoms with Crippen molar-refractivity contribution in [2.45, 2.75) is 20.3 Å². The van der Waals surface area contributed by atoms with E-state index in [2.05, 4.69) is 10.1 Å². The van der Waals surface area contributed by atoms with Crippen LogP contribution in [0.4, 0.5) is 0 Å². The van der Waals surface area contributed by atoms with Crippen LogP contribution in [-0.4, -0.2) is 25.0 Å². The minimum atomic E-state index is -0.460. The molecule has 1 amide bonds. The second kappa shape index (κ2) is 5.95. The third-order valence-corrected chi connectivity index (χ3v) is 1.93. The lowest BCUT2D eigenvalue weighted by Gasteiger charge is -2.02. The summed E-state index contributed by atoms with van der Waals surface area (Å²) in [6, 6.07) is 3.32. The first-order chi connectivity index (χ1) is 7.67. The predicted octanol–water partition coefficient (Wildman–Crippen LogP) is 1.13. The minimum absolute atomic E-state index is 0.144. The summed E-state index contributed by atoms with van der Waals surface area (Å²) >= 11 is 0. The highest BCUT2D eigenvalue weighted by Crippen LogP contribution is 2.07. The van der Waals surface area contributed by atoms with Gasteiger partial charge >= 0.3 is 5.97 Å². The van der Waals surface area contributed by atoms with E-state index < -0.39 is 11.9 Å². The van der Waals surface area contributed by atoms with Crippen molar-refractivity contribution in [2.24, 2.45) is 0 Å². The lowest BCUT2D eigenvalue weighted by molar-refractivity contribution is -0.141. The number of hydrogen-bond donors (Lipinski definition) is 1. The van der Waals surface area contributed by atoms with Crippen LogP contribution in [0.5, 0.6) is 0 Å². The number of hydrogen-bond acceptors (Lipinski definition) is 4. The van der Waals surface area contributed by atoms with Crippen molar-refractivity contribution in [2.75, 3.05) is 13.2 Å². The van der Waals surface area contributed by atoms with Crippen LogP contribution >= 0.6 is 0 Å². The van der Waals surface area contributed by atoms with E-state index in [0.717, 1.165) is 12.2 Å². The van der Waals surface area contributed by atoms with Crippen LogP contribution in [0, 0.1) is 0 Å². The molecule has 0 spiro atoms. The quantitative estimate of drug-likeness (QED) is 0.763. The van der Waals surface area contributed by atoms with Crippen LogP contribution in [-0.2, 0) is 16.0 Å². The zero-order valence-corrected chi connectivity index (χ0v) is 9.41. The fourth-order valence-electron chi connectivity index (χ4n) is 1.14. The monoisotopic (exact) mass is 225 g/mol. The summed E-state index contributed by atoms with van der Waals surface area (Å²) in [4.78, 5) is 22.4. The van der Waals surface area contributed by atoms with Gasteiger partial charge in [0.15, 0.2) is 5.76 Å². The number of furan rings is 1. The van der Waals surface area contributed by atoms with Gasteiger partial charge in [-0.15, -0.1) is 0 Å². The summed E-state index contributed by atoms with van der Waals surface area (Å²) in [5.74, 6) is 0.0771. The molecule has 0 saturated heterocycles. The average molecular weight is 225 g/mol. The molecule has 5 heteroatoms. The SMILES string of the molecule is CCOC(=O)CNC(=O)c1ccc(CC)o1. The maximum Gasteiger partial charge on any atom is 0.325 e. The summed E-state index contributed by atoms with van der Waals surface area (Å²) in [5, 5.41) is 2.41. The summed E-state index contributed by atoms with van der Waals surface area (Å²) in [6.07, 6.45) is 0.727. The molecule has 0 aliphatic carbocycles. The van der Waals surface area contributed by atoms with Crippen LogP contribution in [0.25, 0.3) is 0 Å². The first kappa shape index (κ1) is 12.3. The Morgan fingerprint density at radius 3 is 2.69 bits per heavy atom. The molecule has 88 valence electrons. The van der Waals surface area contributed by atoms with Gasteiger partial charge in [0.2, 0.25) is 0 Å². The third kappa shape index (κ3) is 3.42. The molecular weight excluding hydrogens is 210 g/mol. The molecule has 1 N–H and O–H groups in total. The Labute approximate surface area is 93.8 Å². The Bertz CT molecular complexity index is 370. The molecule has 0 aliphatic heterocycles. The van der Waals surface area contributed by atoms with Gasteiger partial charge in [0.05, 0.1) is 6.61 Å². The van der Waals surface area contributed by atoms with Crippen molar-refractivity contribution in [1.29, 1.82) is 0 Å². The Kier molecular flexibility index (Phi) is 4.57. The highest BCUT2D eigenvalue weighted by Gasteiger charge is 2.11. The fraction of sp³-hybridized carbons (Fsp3) is 0.455. The van der Waals surface area contributed by atoms with Gasteiger partial charge in [0.25, 0.3) is 5.91 Å². The van der Waals surface area contributed by atoms with Gasteiger partial charge in [-0.1, -0.05) is 6.92 Å². The van der Waals surface area contributed by atoms with Crippen molar-refractivity contribution >= 4 is 11.9 Å². The Morgan fingerprint density at radius 2 is 2.12 bits per heavy atom. The van der Waals surface area contributed by atoms with Gasteiger partial charge in [0, 0.05) is 6.42 Å². The van der Waals surface area contributed by atoms with Gasteiger partial charge in [-0.3, -0.25) is 9.59 Å². The first-order valence-electron chi connectivity index (χ1n) is 5.19. The van der Waals surface area contributed by atoms with E-state index >= 15 is 0 Å². The summed E-state index contributed by atoms with van der Waals surface area (Å²) in [6.45, 7) is 3.79. The molecule has 0 saturated carbocycles. The van der Waals surface area contributed by atoms with E-state index in [4.69, 9.17) is 4.42 Å². The van der Waals surface area contributed by atoms with Crippen LogP contribution in [0.15, 0.2) is 16.5 Å². The summed E-state index contributed by atoms with van der Waals surface area (Å²) in [5.41, 5.74) is 0. The molecule has 1 aromatic heterocycles. The highest BCUT2D eigenvalue weighted by atomic mass is 16.5. The topological polar surface area (TPSA) is 68.5 Å². The largest absolute Gasteiger partial charge is 0.465 e. The molecule has 16 heavy (non-hydrogen) atoms. The molecule has 0 aliphatic rings. The second-order valence-electron chi connectivity index (χ2n) is 3.11. The Balaban J connectivity index is 2.43. The standard InChI is InChI=1S/C11H15NO4/c1-3-8-5-6-9(16-8)11(14)12-7-10(13)15-4-2/h5-6H,3-4,7H2,1-2H3,(H,12,14). The first-order valence-corrected chi connectivity index (χ1v) is 5.19. The van der Waals surface area contributed by atoms with E-state index in [1.54, 1.807) is 19.1 Å². The van der Waals surface area contributed by atoms with Crippen molar-refractivity contribution in [3.63, 3.8) is 0 Å². The van der Waals surface area contributed by atoms with E-state index in [1.165, 1.54) is 0 Å². The van der Waals surface area contributed by atoms with E-state index in [1.807, 2.05) is 6.92 Å². The van der Waals surface area contributed by atoms with Crippen molar-refractivity contribution < 1.29 is 18.7 Å². The number of rotatable bonds is 5. The van der Waals surface area contributed by atoms with Crippen molar-refractivity contribution in [3.8, 4) is 0 Å². The van der Waals surface area contributed by atoms with Crippen molar-refractivity contribution in [1.82, 2.24) is 5.32 Å². The van der Waals surface area contributed by atoms with Gasteiger partial charge in [-0.05, 0) is 19.1 Å². The number of carbonyl (C=O) groups excluding carboxylic acids is 2. The van der Waals surface area contributed by atoms with Gasteiger partial charge in [0.1, 0.15) is 12.3 Å².